The zero-order chi connectivity index (χ0) is 13.5. The molecule has 0 unspecified atom stereocenters. The largest absolute Gasteiger partial charge is 0.496 e. The summed E-state index contributed by atoms with van der Waals surface area (Å²) in [4.78, 5) is 11.2. The van der Waals surface area contributed by atoms with E-state index in [9.17, 15) is 4.79 Å². The Morgan fingerprint density at radius 3 is 2.61 bits per heavy atom. The molecule has 0 atom stereocenters. The number of rotatable bonds is 5. The first-order valence-corrected chi connectivity index (χ1v) is 6.05. The van der Waals surface area contributed by atoms with Crippen LogP contribution in [0, 0.1) is 13.8 Å². The van der Waals surface area contributed by atoms with Gasteiger partial charge < -0.3 is 9.47 Å². The summed E-state index contributed by atoms with van der Waals surface area (Å²) in [6, 6.07) is 4.05. The molecular weight excluding hydrogens is 228 g/mol. The van der Waals surface area contributed by atoms with Gasteiger partial charge in [0.25, 0.3) is 0 Å². The van der Waals surface area contributed by atoms with Crippen LogP contribution in [0.3, 0.4) is 0 Å². The summed E-state index contributed by atoms with van der Waals surface area (Å²) in [7, 11) is 1.66. The van der Waals surface area contributed by atoms with Gasteiger partial charge in [-0.3, -0.25) is 4.79 Å². The van der Waals surface area contributed by atoms with Crippen molar-refractivity contribution in [3.05, 3.63) is 34.9 Å². The lowest BCUT2D eigenvalue weighted by Gasteiger charge is -2.08. The van der Waals surface area contributed by atoms with Gasteiger partial charge in [-0.25, -0.2) is 0 Å². The van der Waals surface area contributed by atoms with Gasteiger partial charge in [0.1, 0.15) is 5.75 Å². The second-order valence-corrected chi connectivity index (χ2v) is 4.09. The second-order valence-electron chi connectivity index (χ2n) is 4.09. The van der Waals surface area contributed by atoms with E-state index in [0.29, 0.717) is 13.0 Å². The number of carbonyl (C=O) groups excluding carboxylic acids is 1. The highest BCUT2D eigenvalue weighted by Gasteiger charge is 2.03. The van der Waals surface area contributed by atoms with Gasteiger partial charge >= 0.3 is 5.97 Å². The van der Waals surface area contributed by atoms with Crippen molar-refractivity contribution >= 4 is 12.0 Å². The summed E-state index contributed by atoms with van der Waals surface area (Å²) >= 11 is 0. The minimum atomic E-state index is -0.198. The fraction of sp³-hybridized carbons (Fsp3) is 0.400. The zero-order valence-electron chi connectivity index (χ0n) is 11.4. The third-order valence-corrected chi connectivity index (χ3v) is 2.67. The van der Waals surface area contributed by atoms with Crippen molar-refractivity contribution in [2.24, 2.45) is 0 Å². The van der Waals surface area contributed by atoms with E-state index >= 15 is 0 Å². The van der Waals surface area contributed by atoms with Gasteiger partial charge in [0, 0.05) is 0 Å². The summed E-state index contributed by atoms with van der Waals surface area (Å²) in [5, 5.41) is 0. The maximum Gasteiger partial charge on any atom is 0.309 e. The molecule has 0 aliphatic rings. The lowest BCUT2D eigenvalue weighted by atomic mass is 10.0. The Hall–Kier alpha value is -1.77. The average molecular weight is 248 g/mol. The van der Waals surface area contributed by atoms with Gasteiger partial charge in [0.15, 0.2) is 0 Å². The molecule has 1 aromatic rings. The average Bonchev–Trinajstić information content (AvgIpc) is 2.33. The Morgan fingerprint density at radius 1 is 1.28 bits per heavy atom. The van der Waals surface area contributed by atoms with Crippen LogP contribution in [0.4, 0.5) is 0 Å². The molecule has 0 bridgehead atoms. The molecular formula is C15H20O3. The Morgan fingerprint density at radius 2 is 2.00 bits per heavy atom. The lowest BCUT2D eigenvalue weighted by Crippen LogP contribution is -2.01. The monoisotopic (exact) mass is 248 g/mol. The molecule has 0 amide bonds. The maximum absolute atomic E-state index is 11.2. The van der Waals surface area contributed by atoms with Gasteiger partial charge in [0.2, 0.25) is 0 Å². The molecule has 1 rings (SSSR count). The molecule has 3 heteroatoms. The maximum atomic E-state index is 11.2. The molecule has 0 N–H and O–H groups in total. The summed E-state index contributed by atoms with van der Waals surface area (Å²) in [6.07, 6.45) is 4.07. The van der Waals surface area contributed by atoms with Crippen molar-refractivity contribution < 1.29 is 14.3 Å². The van der Waals surface area contributed by atoms with Crippen LogP contribution in [0.2, 0.25) is 0 Å². The Kier molecular flexibility index (Phi) is 5.43. The van der Waals surface area contributed by atoms with Crippen LogP contribution in [-0.4, -0.2) is 19.7 Å². The molecule has 0 spiro atoms. The van der Waals surface area contributed by atoms with Gasteiger partial charge in [-0.05, 0) is 49.6 Å². The number of carbonyl (C=O) groups is 1. The van der Waals surface area contributed by atoms with Crippen LogP contribution in [0.1, 0.15) is 30.0 Å². The number of benzene rings is 1. The highest BCUT2D eigenvalue weighted by Crippen LogP contribution is 2.23. The number of methoxy groups -OCH3 is 1. The molecule has 0 aromatic heterocycles. The number of hydrogen-bond donors (Lipinski definition) is 0. The van der Waals surface area contributed by atoms with Crippen LogP contribution in [0.25, 0.3) is 6.08 Å². The van der Waals surface area contributed by atoms with E-state index in [0.717, 1.165) is 22.4 Å². The van der Waals surface area contributed by atoms with E-state index in [2.05, 4.69) is 6.07 Å². The first kappa shape index (κ1) is 14.3. The highest BCUT2D eigenvalue weighted by molar-refractivity contribution is 5.73. The molecule has 3 nitrogen and oxygen atoms in total. The molecule has 1 aromatic carbocycles. The third kappa shape index (κ3) is 3.91. The van der Waals surface area contributed by atoms with Crippen LogP contribution < -0.4 is 4.74 Å². The first-order valence-electron chi connectivity index (χ1n) is 6.05. The molecule has 0 saturated heterocycles. The molecule has 0 aliphatic heterocycles. The van der Waals surface area contributed by atoms with E-state index in [4.69, 9.17) is 9.47 Å². The summed E-state index contributed by atoms with van der Waals surface area (Å²) in [5.74, 6) is 0.687. The van der Waals surface area contributed by atoms with Gasteiger partial charge in [-0.1, -0.05) is 12.2 Å². The lowest BCUT2D eigenvalue weighted by molar-refractivity contribution is -0.142. The quantitative estimate of drug-likeness (QED) is 0.750. The predicted molar refractivity (Wildman–Crippen MR) is 72.8 cm³/mol. The van der Waals surface area contributed by atoms with Crippen LogP contribution >= 0.6 is 0 Å². The van der Waals surface area contributed by atoms with Crippen LogP contribution in [-0.2, 0) is 9.53 Å². The normalized spacial score (nSPS) is 10.7. The summed E-state index contributed by atoms with van der Waals surface area (Å²) in [6.45, 7) is 6.25. The highest BCUT2D eigenvalue weighted by atomic mass is 16.5. The van der Waals surface area contributed by atoms with Crippen LogP contribution in [0.5, 0.6) is 5.75 Å². The summed E-state index contributed by atoms with van der Waals surface area (Å²) in [5.41, 5.74) is 3.30. The number of esters is 1. The minimum Gasteiger partial charge on any atom is -0.496 e. The molecule has 0 saturated carbocycles. The minimum absolute atomic E-state index is 0.198. The van der Waals surface area contributed by atoms with Crippen molar-refractivity contribution in [2.75, 3.05) is 13.7 Å². The Labute approximate surface area is 108 Å². The van der Waals surface area contributed by atoms with E-state index in [1.807, 2.05) is 32.1 Å². The Bertz CT molecular complexity index is 447. The molecule has 0 fully saturated rings. The van der Waals surface area contributed by atoms with Gasteiger partial charge in [0.05, 0.1) is 20.1 Å². The standard InChI is InChI=1S/C15H20O3/c1-5-18-15(16)8-6-7-13-9-12(3)14(17-4)10-11(13)2/h6-7,9-10H,5,8H2,1-4H3. The molecule has 98 valence electrons. The van der Waals surface area contributed by atoms with E-state index < -0.39 is 0 Å². The van der Waals surface area contributed by atoms with E-state index in [1.54, 1.807) is 14.0 Å². The van der Waals surface area contributed by atoms with Gasteiger partial charge in [-0.2, -0.15) is 0 Å². The van der Waals surface area contributed by atoms with Crippen LogP contribution in [0.15, 0.2) is 18.2 Å². The van der Waals surface area contributed by atoms with Crippen molar-refractivity contribution in [3.63, 3.8) is 0 Å². The SMILES string of the molecule is CCOC(=O)CC=Cc1cc(C)c(OC)cc1C. The fourth-order valence-corrected chi connectivity index (χ4v) is 1.71. The van der Waals surface area contributed by atoms with E-state index in [1.165, 1.54) is 0 Å². The molecule has 0 radical (unpaired) electrons. The predicted octanol–water partition coefficient (Wildman–Crippen LogP) is 3.28. The smallest absolute Gasteiger partial charge is 0.309 e. The fourth-order valence-electron chi connectivity index (χ4n) is 1.71. The first-order chi connectivity index (χ1) is 8.58. The van der Waals surface area contributed by atoms with Crippen molar-refractivity contribution in [1.82, 2.24) is 0 Å². The van der Waals surface area contributed by atoms with Crippen molar-refractivity contribution in [3.8, 4) is 5.75 Å². The zero-order valence-corrected chi connectivity index (χ0v) is 11.4. The van der Waals surface area contributed by atoms with Crippen molar-refractivity contribution in [1.29, 1.82) is 0 Å². The number of hydrogen-bond acceptors (Lipinski definition) is 3. The Balaban J connectivity index is 2.76. The molecule has 0 aliphatic carbocycles. The second kappa shape index (κ2) is 6.84. The molecule has 18 heavy (non-hydrogen) atoms. The molecule has 0 heterocycles. The topological polar surface area (TPSA) is 35.5 Å². The number of ether oxygens (including phenoxy) is 2. The third-order valence-electron chi connectivity index (χ3n) is 2.67. The number of aryl methyl sites for hydroxylation is 2. The van der Waals surface area contributed by atoms with Gasteiger partial charge in [-0.15, -0.1) is 0 Å². The van der Waals surface area contributed by atoms with E-state index in [-0.39, 0.29) is 5.97 Å². The summed E-state index contributed by atoms with van der Waals surface area (Å²) < 4.78 is 10.1. The van der Waals surface area contributed by atoms with Crippen molar-refractivity contribution in [2.45, 2.75) is 27.2 Å².